The molecule has 0 amide bonds. The van der Waals surface area contributed by atoms with Gasteiger partial charge in [-0.2, -0.15) is 0 Å². The molecule has 0 saturated carbocycles. The average molecular weight is 261 g/mol. The summed E-state index contributed by atoms with van der Waals surface area (Å²) in [4.78, 5) is 2.65. The largest absolute Gasteiger partial charge is 0.379 e. The number of methoxy groups -OCH3 is 1. The van der Waals surface area contributed by atoms with Crippen LogP contribution in [-0.2, 0) is 9.47 Å². The minimum atomic E-state index is 0.0752. The molecular formula is C13H27NO2S. The van der Waals surface area contributed by atoms with Gasteiger partial charge in [0.15, 0.2) is 0 Å². The van der Waals surface area contributed by atoms with E-state index in [1.54, 1.807) is 0 Å². The van der Waals surface area contributed by atoms with Crippen LogP contribution in [0.1, 0.15) is 19.8 Å². The molecule has 4 heteroatoms. The zero-order valence-electron chi connectivity index (χ0n) is 11.6. The number of rotatable bonds is 5. The second-order valence-electron chi connectivity index (χ2n) is 5.60. The van der Waals surface area contributed by atoms with Crippen molar-refractivity contribution in [1.29, 1.82) is 0 Å². The lowest BCUT2D eigenvalue weighted by Gasteiger charge is -2.39. The monoisotopic (exact) mass is 261 g/mol. The summed E-state index contributed by atoms with van der Waals surface area (Å²) in [6, 6.07) is 1.30. The smallest absolute Gasteiger partial charge is 0.0797 e. The fraction of sp³-hybridized carbons (Fsp3) is 1.00. The molecule has 2 fully saturated rings. The Morgan fingerprint density at radius 2 is 1.88 bits per heavy atom. The standard InChI is InChI=1S/C13H27NO2S/c1-10(17(3)4)13(15-2)7-14-11-5-6-12(14)9-16-8-11/h10-13,17H,5-9H2,1-4H3. The Morgan fingerprint density at radius 3 is 2.35 bits per heavy atom. The molecule has 0 N–H and O–H groups in total. The first-order chi connectivity index (χ1) is 8.13. The quantitative estimate of drug-likeness (QED) is 0.758. The van der Waals surface area contributed by atoms with Crippen molar-refractivity contribution in [2.45, 2.75) is 43.2 Å². The third kappa shape index (κ3) is 2.98. The van der Waals surface area contributed by atoms with Gasteiger partial charge in [0.05, 0.1) is 19.3 Å². The van der Waals surface area contributed by atoms with E-state index >= 15 is 0 Å². The first-order valence-corrected chi connectivity index (χ1v) is 8.96. The van der Waals surface area contributed by atoms with E-state index in [0.717, 1.165) is 19.8 Å². The van der Waals surface area contributed by atoms with Crippen molar-refractivity contribution < 1.29 is 9.47 Å². The number of nitrogens with zero attached hydrogens (tertiary/aromatic N) is 1. The van der Waals surface area contributed by atoms with E-state index in [4.69, 9.17) is 9.47 Å². The van der Waals surface area contributed by atoms with Gasteiger partial charge >= 0.3 is 0 Å². The zero-order chi connectivity index (χ0) is 12.4. The minimum absolute atomic E-state index is 0.0752. The molecule has 0 aromatic carbocycles. The molecule has 17 heavy (non-hydrogen) atoms. The van der Waals surface area contributed by atoms with Crippen molar-refractivity contribution in [1.82, 2.24) is 4.90 Å². The van der Waals surface area contributed by atoms with Crippen LogP contribution in [0.3, 0.4) is 0 Å². The van der Waals surface area contributed by atoms with Gasteiger partial charge in [0.2, 0.25) is 0 Å². The summed E-state index contributed by atoms with van der Waals surface area (Å²) < 4.78 is 11.4. The third-order valence-electron chi connectivity index (χ3n) is 4.44. The van der Waals surface area contributed by atoms with Gasteiger partial charge in [-0.1, -0.05) is 6.92 Å². The molecule has 102 valence electrons. The number of hydrogen-bond acceptors (Lipinski definition) is 3. The molecule has 2 saturated heterocycles. The van der Waals surface area contributed by atoms with E-state index in [-0.39, 0.29) is 10.9 Å². The molecule has 2 heterocycles. The van der Waals surface area contributed by atoms with E-state index in [1.807, 2.05) is 7.11 Å². The lowest BCUT2D eigenvalue weighted by atomic mass is 10.2. The third-order valence-corrected chi connectivity index (χ3v) is 6.40. The summed E-state index contributed by atoms with van der Waals surface area (Å²) in [7, 11) is 1.94. The van der Waals surface area contributed by atoms with Gasteiger partial charge in [0.1, 0.15) is 0 Å². The molecule has 0 radical (unpaired) electrons. The van der Waals surface area contributed by atoms with Crippen LogP contribution in [0, 0.1) is 0 Å². The molecule has 0 aromatic rings. The van der Waals surface area contributed by atoms with Gasteiger partial charge < -0.3 is 9.47 Å². The molecule has 2 aliphatic rings. The first kappa shape index (κ1) is 13.7. The summed E-state index contributed by atoms with van der Waals surface area (Å²) in [5.74, 6) is 0. The fourth-order valence-electron chi connectivity index (χ4n) is 2.98. The normalized spacial score (nSPS) is 33.5. The zero-order valence-corrected chi connectivity index (χ0v) is 12.5. The number of fused-ring (bicyclic) bond motifs is 2. The lowest BCUT2D eigenvalue weighted by molar-refractivity contribution is -0.0395. The van der Waals surface area contributed by atoms with Gasteiger partial charge in [0, 0.05) is 31.0 Å². The lowest BCUT2D eigenvalue weighted by Crippen LogP contribution is -2.50. The summed E-state index contributed by atoms with van der Waals surface area (Å²) in [5, 5.41) is 0.678. The Bertz CT molecular complexity index is 234. The van der Waals surface area contributed by atoms with Crippen LogP contribution in [0.2, 0.25) is 0 Å². The molecule has 2 bridgehead atoms. The molecule has 2 rings (SSSR count). The van der Waals surface area contributed by atoms with Crippen molar-refractivity contribution in [2.75, 3.05) is 39.4 Å². The van der Waals surface area contributed by atoms with Gasteiger partial charge in [-0.05, 0) is 25.4 Å². The van der Waals surface area contributed by atoms with Crippen molar-refractivity contribution in [3.63, 3.8) is 0 Å². The van der Waals surface area contributed by atoms with Crippen molar-refractivity contribution in [3.8, 4) is 0 Å². The van der Waals surface area contributed by atoms with E-state index < -0.39 is 0 Å². The van der Waals surface area contributed by atoms with Crippen molar-refractivity contribution in [3.05, 3.63) is 0 Å². The van der Waals surface area contributed by atoms with Crippen molar-refractivity contribution in [2.24, 2.45) is 0 Å². The molecule has 4 atom stereocenters. The Labute approximate surface area is 108 Å². The minimum Gasteiger partial charge on any atom is -0.379 e. The maximum atomic E-state index is 5.73. The predicted octanol–water partition coefficient (Wildman–Crippen LogP) is 1.51. The number of morpholine rings is 1. The van der Waals surface area contributed by atoms with E-state index in [1.165, 1.54) is 12.8 Å². The molecule has 2 aliphatic heterocycles. The molecule has 0 aromatic heterocycles. The first-order valence-electron chi connectivity index (χ1n) is 6.66. The number of thiol groups is 1. The van der Waals surface area contributed by atoms with Crippen molar-refractivity contribution >= 4 is 10.9 Å². The van der Waals surface area contributed by atoms with Gasteiger partial charge in [-0.15, -0.1) is 0 Å². The van der Waals surface area contributed by atoms with Crippen LogP contribution < -0.4 is 0 Å². The fourth-order valence-corrected chi connectivity index (χ4v) is 3.86. The topological polar surface area (TPSA) is 21.7 Å². The highest BCUT2D eigenvalue weighted by Crippen LogP contribution is 2.32. The average Bonchev–Trinajstić information content (AvgIpc) is 2.54. The van der Waals surface area contributed by atoms with Crippen LogP contribution in [0.5, 0.6) is 0 Å². The molecule has 3 nitrogen and oxygen atoms in total. The SMILES string of the molecule is COC(CN1C2CCC1COC2)C(C)[SH](C)C. The van der Waals surface area contributed by atoms with Crippen LogP contribution in [0.25, 0.3) is 0 Å². The van der Waals surface area contributed by atoms with Crippen LogP contribution in [0.4, 0.5) is 0 Å². The summed E-state index contributed by atoms with van der Waals surface area (Å²) in [6.45, 7) is 5.28. The Hall–Kier alpha value is 0.230. The van der Waals surface area contributed by atoms with Crippen LogP contribution in [0.15, 0.2) is 0 Å². The Kier molecular flexibility index (Phi) is 4.75. The maximum Gasteiger partial charge on any atom is 0.0797 e. The Morgan fingerprint density at radius 1 is 1.29 bits per heavy atom. The maximum absolute atomic E-state index is 5.73. The second-order valence-corrected chi connectivity index (χ2v) is 8.34. The molecule has 0 spiro atoms. The Balaban J connectivity index is 1.94. The van der Waals surface area contributed by atoms with Gasteiger partial charge in [-0.3, -0.25) is 15.8 Å². The summed E-state index contributed by atoms with van der Waals surface area (Å²) in [6.07, 6.45) is 7.70. The van der Waals surface area contributed by atoms with Gasteiger partial charge in [-0.25, -0.2) is 0 Å². The van der Waals surface area contributed by atoms with Crippen LogP contribution >= 0.6 is 10.9 Å². The molecule has 4 unspecified atom stereocenters. The number of ether oxygens (including phenoxy) is 2. The number of hydrogen-bond donors (Lipinski definition) is 1. The van der Waals surface area contributed by atoms with Gasteiger partial charge in [0.25, 0.3) is 0 Å². The molecular weight excluding hydrogens is 234 g/mol. The van der Waals surface area contributed by atoms with Crippen LogP contribution in [-0.4, -0.2) is 67.7 Å². The highest BCUT2D eigenvalue weighted by atomic mass is 32.2. The second kappa shape index (κ2) is 5.91. The van der Waals surface area contributed by atoms with E-state index in [0.29, 0.717) is 23.4 Å². The summed E-state index contributed by atoms with van der Waals surface area (Å²) >= 11 is 0. The van der Waals surface area contributed by atoms with E-state index in [2.05, 4.69) is 24.3 Å². The molecule has 0 aliphatic carbocycles. The van der Waals surface area contributed by atoms with E-state index in [9.17, 15) is 0 Å². The highest BCUT2D eigenvalue weighted by molar-refractivity contribution is 8.16. The highest BCUT2D eigenvalue weighted by Gasteiger charge is 2.39. The predicted molar refractivity (Wildman–Crippen MR) is 75.4 cm³/mol. The summed E-state index contributed by atoms with van der Waals surface area (Å²) in [5.41, 5.74) is 0.